The Balaban J connectivity index is 1.46. The lowest BCUT2D eigenvalue weighted by atomic mass is 10.1. The molecule has 7 heteroatoms. The SMILES string of the molecule is COc1cccc(CN(Cc2cccc(OC)c2)c2nc(CCCN3CCOCC3)cs2)c1. The molecule has 1 aliphatic rings. The van der Waals surface area contributed by atoms with Gasteiger partial charge in [0.05, 0.1) is 33.1 Å². The maximum atomic E-state index is 5.45. The predicted molar refractivity (Wildman–Crippen MR) is 134 cm³/mol. The van der Waals surface area contributed by atoms with Gasteiger partial charge in [-0.1, -0.05) is 24.3 Å². The molecule has 1 aromatic heterocycles. The van der Waals surface area contributed by atoms with E-state index in [4.69, 9.17) is 19.2 Å². The minimum absolute atomic E-state index is 0.759. The van der Waals surface area contributed by atoms with Crippen LogP contribution in [0.25, 0.3) is 0 Å². The lowest BCUT2D eigenvalue weighted by Crippen LogP contribution is -2.36. The molecule has 176 valence electrons. The fourth-order valence-corrected chi connectivity index (χ4v) is 4.90. The van der Waals surface area contributed by atoms with E-state index in [0.717, 1.165) is 75.4 Å². The van der Waals surface area contributed by atoms with Gasteiger partial charge in [0, 0.05) is 31.6 Å². The van der Waals surface area contributed by atoms with Gasteiger partial charge in [0.2, 0.25) is 0 Å². The van der Waals surface area contributed by atoms with Crippen LogP contribution in [0.4, 0.5) is 5.13 Å². The number of aryl methyl sites for hydroxylation is 1. The molecular weight excluding hydrogens is 434 g/mol. The number of ether oxygens (including phenoxy) is 3. The number of hydrogen-bond donors (Lipinski definition) is 0. The van der Waals surface area contributed by atoms with Crippen LogP contribution in [0.3, 0.4) is 0 Å². The molecule has 6 nitrogen and oxygen atoms in total. The Labute approximate surface area is 200 Å². The minimum atomic E-state index is 0.759. The number of thiazole rings is 1. The van der Waals surface area contributed by atoms with Gasteiger partial charge >= 0.3 is 0 Å². The molecule has 0 saturated carbocycles. The van der Waals surface area contributed by atoms with Crippen LogP contribution in [-0.4, -0.2) is 57.0 Å². The number of aromatic nitrogens is 1. The van der Waals surface area contributed by atoms with Gasteiger partial charge in [-0.2, -0.15) is 0 Å². The van der Waals surface area contributed by atoms with Crippen molar-refractivity contribution in [3.8, 4) is 11.5 Å². The Kier molecular flexibility index (Phi) is 8.58. The average molecular weight is 468 g/mol. The van der Waals surface area contributed by atoms with E-state index in [2.05, 4.69) is 39.4 Å². The van der Waals surface area contributed by atoms with Gasteiger partial charge in [0.1, 0.15) is 11.5 Å². The standard InChI is InChI=1S/C26H33N3O3S/c1-30-24-9-3-6-21(16-24)18-29(19-22-7-4-10-25(17-22)31-2)26-27-23(20-33-26)8-5-11-28-12-14-32-15-13-28/h3-4,6-7,9-10,16-17,20H,5,8,11-15,18-19H2,1-2H3. The van der Waals surface area contributed by atoms with Crippen molar-refractivity contribution in [1.29, 1.82) is 0 Å². The third-order valence-electron chi connectivity index (χ3n) is 5.84. The lowest BCUT2D eigenvalue weighted by molar-refractivity contribution is 0.0374. The summed E-state index contributed by atoms with van der Waals surface area (Å²) in [6.07, 6.45) is 2.12. The third-order valence-corrected chi connectivity index (χ3v) is 6.79. The summed E-state index contributed by atoms with van der Waals surface area (Å²) in [4.78, 5) is 9.82. The van der Waals surface area contributed by atoms with Gasteiger partial charge in [-0.25, -0.2) is 4.98 Å². The third kappa shape index (κ3) is 6.93. The molecule has 0 amide bonds. The molecule has 2 heterocycles. The molecule has 1 saturated heterocycles. The summed E-state index contributed by atoms with van der Waals surface area (Å²) in [6, 6.07) is 16.5. The summed E-state index contributed by atoms with van der Waals surface area (Å²) in [5, 5.41) is 3.25. The van der Waals surface area contributed by atoms with Crippen molar-refractivity contribution in [2.45, 2.75) is 25.9 Å². The highest BCUT2D eigenvalue weighted by Gasteiger charge is 2.15. The number of benzene rings is 2. The van der Waals surface area contributed by atoms with Crippen LogP contribution in [0, 0.1) is 0 Å². The maximum Gasteiger partial charge on any atom is 0.186 e. The fourth-order valence-electron chi connectivity index (χ4n) is 4.04. The van der Waals surface area contributed by atoms with Crippen LogP contribution in [0.15, 0.2) is 53.9 Å². The molecule has 0 spiro atoms. The first kappa shape index (κ1) is 23.5. The zero-order valence-corrected chi connectivity index (χ0v) is 20.4. The van der Waals surface area contributed by atoms with Crippen molar-refractivity contribution in [3.63, 3.8) is 0 Å². The number of hydrogen-bond acceptors (Lipinski definition) is 7. The molecule has 1 aliphatic heterocycles. The van der Waals surface area contributed by atoms with Crippen LogP contribution >= 0.6 is 11.3 Å². The van der Waals surface area contributed by atoms with E-state index in [0.29, 0.717) is 0 Å². The van der Waals surface area contributed by atoms with E-state index in [1.54, 1.807) is 25.6 Å². The highest BCUT2D eigenvalue weighted by atomic mass is 32.1. The second-order valence-electron chi connectivity index (χ2n) is 8.24. The van der Waals surface area contributed by atoms with E-state index >= 15 is 0 Å². The molecule has 0 radical (unpaired) electrons. The molecule has 1 fully saturated rings. The quantitative estimate of drug-likeness (QED) is 0.410. The van der Waals surface area contributed by atoms with Gasteiger partial charge in [0.25, 0.3) is 0 Å². The van der Waals surface area contributed by atoms with E-state index in [1.165, 1.54) is 16.8 Å². The Morgan fingerprint density at radius 2 is 1.61 bits per heavy atom. The average Bonchev–Trinajstić information content (AvgIpc) is 3.33. The van der Waals surface area contributed by atoms with Crippen LogP contribution in [0.2, 0.25) is 0 Å². The number of morpholine rings is 1. The van der Waals surface area contributed by atoms with Crippen molar-refractivity contribution in [3.05, 3.63) is 70.7 Å². The van der Waals surface area contributed by atoms with Gasteiger partial charge in [-0.05, 0) is 54.8 Å². The second kappa shape index (κ2) is 12.0. The summed E-state index contributed by atoms with van der Waals surface area (Å²) in [6.45, 7) is 6.40. The predicted octanol–water partition coefficient (Wildman–Crippen LogP) is 4.63. The Bertz CT molecular complexity index is 954. The summed E-state index contributed by atoms with van der Waals surface area (Å²) < 4.78 is 16.3. The molecular formula is C26H33N3O3S. The molecule has 33 heavy (non-hydrogen) atoms. The minimum Gasteiger partial charge on any atom is -0.497 e. The zero-order chi connectivity index (χ0) is 22.9. The summed E-state index contributed by atoms with van der Waals surface area (Å²) in [5.41, 5.74) is 3.56. The van der Waals surface area contributed by atoms with Crippen LogP contribution < -0.4 is 14.4 Å². The first-order chi connectivity index (χ1) is 16.2. The highest BCUT2D eigenvalue weighted by Crippen LogP contribution is 2.27. The van der Waals surface area contributed by atoms with Gasteiger partial charge in [0.15, 0.2) is 5.13 Å². The molecule has 0 N–H and O–H groups in total. The molecule has 3 aromatic rings. The van der Waals surface area contributed by atoms with Gasteiger partial charge in [-0.15, -0.1) is 11.3 Å². The number of nitrogens with zero attached hydrogens (tertiary/aromatic N) is 3. The number of anilines is 1. The molecule has 0 unspecified atom stereocenters. The highest BCUT2D eigenvalue weighted by molar-refractivity contribution is 7.13. The topological polar surface area (TPSA) is 47.1 Å². The lowest BCUT2D eigenvalue weighted by Gasteiger charge is -2.26. The Morgan fingerprint density at radius 3 is 2.21 bits per heavy atom. The van der Waals surface area contributed by atoms with Crippen LogP contribution in [0.5, 0.6) is 11.5 Å². The Hall–Kier alpha value is -2.61. The summed E-state index contributed by atoms with van der Waals surface area (Å²) >= 11 is 1.72. The fraction of sp³-hybridized carbons (Fsp3) is 0.423. The van der Waals surface area contributed by atoms with Crippen LogP contribution in [0.1, 0.15) is 23.2 Å². The van der Waals surface area contributed by atoms with E-state index in [9.17, 15) is 0 Å². The van der Waals surface area contributed by atoms with Crippen molar-refractivity contribution >= 4 is 16.5 Å². The zero-order valence-electron chi connectivity index (χ0n) is 19.5. The van der Waals surface area contributed by atoms with E-state index in [-0.39, 0.29) is 0 Å². The number of rotatable bonds is 11. The maximum absolute atomic E-state index is 5.45. The smallest absolute Gasteiger partial charge is 0.186 e. The van der Waals surface area contributed by atoms with E-state index in [1.807, 2.05) is 24.3 Å². The largest absolute Gasteiger partial charge is 0.497 e. The summed E-state index contributed by atoms with van der Waals surface area (Å²) in [5.74, 6) is 1.74. The molecule has 2 aromatic carbocycles. The monoisotopic (exact) mass is 467 g/mol. The normalized spacial score (nSPS) is 14.2. The summed E-state index contributed by atoms with van der Waals surface area (Å²) in [7, 11) is 3.41. The van der Waals surface area contributed by atoms with Crippen molar-refractivity contribution in [2.24, 2.45) is 0 Å². The van der Waals surface area contributed by atoms with Crippen LogP contribution in [-0.2, 0) is 24.2 Å². The van der Waals surface area contributed by atoms with Crippen molar-refractivity contribution in [1.82, 2.24) is 9.88 Å². The molecule has 0 bridgehead atoms. The molecule has 0 aliphatic carbocycles. The van der Waals surface area contributed by atoms with Crippen molar-refractivity contribution in [2.75, 3.05) is 52.0 Å². The molecule has 0 atom stereocenters. The first-order valence-corrected chi connectivity index (χ1v) is 12.4. The van der Waals surface area contributed by atoms with Gasteiger partial charge < -0.3 is 19.1 Å². The Morgan fingerprint density at radius 1 is 0.970 bits per heavy atom. The second-order valence-corrected chi connectivity index (χ2v) is 9.07. The number of methoxy groups -OCH3 is 2. The van der Waals surface area contributed by atoms with Crippen molar-refractivity contribution < 1.29 is 14.2 Å². The van der Waals surface area contributed by atoms with Gasteiger partial charge in [-0.3, -0.25) is 4.90 Å². The molecule has 4 rings (SSSR count). The first-order valence-electron chi connectivity index (χ1n) is 11.5. The van der Waals surface area contributed by atoms with E-state index < -0.39 is 0 Å².